The highest BCUT2D eigenvalue weighted by Crippen LogP contribution is 1.95. The first-order chi connectivity index (χ1) is 7.49. The molecule has 0 rings (SSSR count). The van der Waals surface area contributed by atoms with Gasteiger partial charge >= 0.3 is 0 Å². The first-order valence-corrected chi connectivity index (χ1v) is 5.32. The molecule has 5 heteroatoms. The van der Waals surface area contributed by atoms with Crippen molar-refractivity contribution in [2.24, 2.45) is 0 Å². The molecule has 0 spiro atoms. The maximum atomic E-state index is 8.24. The van der Waals surface area contributed by atoms with Crippen LogP contribution in [-0.4, -0.2) is 51.1 Å². The summed E-state index contributed by atoms with van der Waals surface area (Å²) in [5.74, 6) is 0. The highest BCUT2D eigenvalue weighted by Gasteiger charge is 1.93. The van der Waals surface area contributed by atoms with E-state index < -0.39 is 12.4 Å². The summed E-state index contributed by atoms with van der Waals surface area (Å²) in [5.41, 5.74) is 0. The molecular weight excluding hydrogens is 212 g/mol. The van der Waals surface area contributed by atoms with E-state index in [-0.39, 0.29) is 13.2 Å². The molecule has 5 N–H and O–H groups in total. The Morgan fingerprint density at radius 3 is 1.56 bits per heavy atom. The van der Waals surface area contributed by atoms with Crippen LogP contribution in [0.1, 0.15) is 33.1 Å². The van der Waals surface area contributed by atoms with Crippen LogP contribution in [0.25, 0.3) is 0 Å². The third-order valence-electron chi connectivity index (χ3n) is 1.24. The van der Waals surface area contributed by atoms with Gasteiger partial charge in [-0.3, -0.25) is 0 Å². The highest BCUT2D eigenvalue weighted by atomic mass is 16.5. The average molecular weight is 238 g/mol. The predicted molar refractivity (Wildman–Crippen MR) is 63.8 cm³/mol. The molecule has 0 unspecified atom stereocenters. The molecule has 0 saturated heterocycles. The summed E-state index contributed by atoms with van der Waals surface area (Å²) < 4.78 is 0. The summed E-state index contributed by atoms with van der Waals surface area (Å²) in [6, 6.07) is 0. The van der Waals surface area contributed by atoms with Gasteiger partial charge in [0.25, 0.3) is 0 Å². The van der Waals surface area contributed by atoms with Gasteiger partial charge in [0, 0.05) is 0 Å². The lowest BCUT2D eigenvalue weighted by Crippen LogP contribution is -2.15. The Morgan fingerprint density at radius 1 is 1.12 bits per heavy atom. The van der Waals surface area contributed by atoms with Gasteiger partial charge in [-0.15, -0.1) is 6.58 Å². The third-order valence-corrected chi connectivity index (χ3v) is 1.24. The van der Waals surface area contributed by atoms with E-state index in [9.17, 15) is 0 Å². The fraction of sp³-hybridized carbons (Fsp3) is 0.818. The molecule has 5 nitrogen and oxygen atoms in total. The number of allylic oxidation sites excluding steroid dienone is 1. The molecule has 0 aliphatic heterocycles. The minimum Gasteiger partial charge on any atom is -0.394 e. The average Bonchev–Trinajstić information content (AvgIpc) is 2.27. The van der Waals surface area contributed by atoms with Crippen molar-refractivity contribution in [2.45, 2.75) is 45.5 Å². The van der Waals surface area contributed by atoms with Crippen LogP contribution in [0.3, 0.4) is 0 Å². The van der Waals surface area contributed by atoms with E-state index in [0.29, 0.717) is 6.42 Å². The fourth-order valence-electron chi connectivity index (χ4n) is 0.444. The Labute approximate surface area is 97.7 Å². The molecule has 0 atom stereocenters. The Balaban J connectivity index is -0.000000172. The topological polar surface area (TPSA) is 101 Å². The number of rotatable bonds is 5. The first-order valence-electron chi connectivity index (χ1n) is 5.32. The lowest BCUT2D eigenvalue weighted by molar-refractivity contribution is -0.0463. The molecule has 0 aliphatic rings. The zero-order chi connectivity index (χ0) is 13.4. The van der Waals surface area contributed by atoms with E-state index >= 15 is 0 Å². The summed E-state index contributed by atoms with van der Waals surface area (Å²) >= 11 is 0. The third kappa shape index (κ3) is 37.5. The summed E-state index contributed by atoms with van der Waals surface area (Å²) in [5, 5.41) is 40.5. The molecule has 0 radical (unpaired) electrons. The summed E-state index contributed by atoms with van der Waals surface area (Å²) in [7, 11) is 0. The molecular formula is C11H26O5. The van der Waals surface area contributed by atoms with Crippen LogP contribution in [0, 0.1) is 0 Å². The minimum absolute atomic E-state index is 0.365. The van der Waals surface area contributed by atoms with Gasteiger partial charge < -0.3 is 25.5 Å². The van der Waals surface area contributed by atoms with Crippen LogP contribution in [0.5, 0.6) is 0 Å². The molecule has 16 heavy (non-hydrogen) atoms. The summed E-state index contributed by atoms with van der Waals surface area (Å²) in [6.45, 7) is 6.54. The van der Waals surface area contributed by atoms with E-state index in [1.54, 1.807) is 6.08 Å². The number of aliphatic hydroxyl groups excluding tert-OH is 4. The quantitative estimate of drug-likeness (QED) is 0.343. The van der Waals surface area contributed by atoms with Crippen molar-refractivity contribution in [1.29, 1.82) is 0 Å². The van der Waals surface area contributed by atoms with Crippen molar-refractivity contribution >= 4 is 0 Å². The predicted octanol–water partition coefficient (Wildman–Crippen LogP) is 0.0115. The first kappa shape index (κ1) is 20.9. The maximum Gasteiger partial charge on any atom is 0.151 e. The Hall–Kier alpha value is -0.460. The molecule has 0 bridgehead atoms. The van der Waals surface area contributed by atoms with Gasteiger partial charge in [-0.2, -0.15) is 0 Å². The second-order valence-corrected chi connectivity index (χ2v) is 3.05. The largest absolute Gasteiger partial charge is 0.394 e. The van der Waals surface area contributed by atoms with Crippen molar-refractivity contribution in [2.75, 3.05) is 13.2 Å². The van der Waals surface area contributed by atoms with Crippen LogP contribution in [0.15, 0.2) is 12.7 Å². The van der Waals surface area contributed by atoms with Gasteiger partial charge in [0.1, 0.15) is 6.10 Å². The maximum absolute atomic E-state index is 8.24. The number of hydrogen-bond acceptors (Lipinski definition) is 5. The molecule has 0 aliphatic carbocycles. The van der Waals surface area contributed by atoms with Crippen LogP contribution < -0.4 is 0 Å². The van der Waals surface area contributed by atoms with Gasteiger partial charge in [0.05, 0.1) is 13.2 Å². The van der Waals surface area contributed by atoms with E-state index in [4.69, 9.17) is 25.5 Å². The van der Waals surface area contributed by atoms with Crippen LogP contribution in [0.2, 0.25) is 0 Å². The van der Waals surface area contributed by atoms with Gasteiger partial charge in [0.15, 0.2) is 6.29 Å². The molecule has 0 amide bonds. The molecule has 0 aromatic rings. The van der Waals surface area contributed by atoms with Crippen molar-refractivity contribution in [1.82, 2.24) is 0 Å². The van der Waals surface area contributed by atoms with E-state index in [0.717, 1.165) is 12.8 Å². The lowest BCUT2D eigenvalue weighted by atomic mass is 10.2. The van der Waals surface area contributed by atoms with E-state index in [2.05, 4.69) is 6.58 Å². The molecule has 100 valence electrons. The Kier molecular flexibility index (Phi) is 26.1. The van der Waals surface area contributed by atoms with Crippen molar-refractivity contribution in [3.63, 3.8) is 0 Å². The minimum atomic E-state index is -1.10. The van der Waals surface area contributed by atoms with Crippen LogP contribution >= 0.6 is 0 Å². The number of aliphatic hydroxyl groups is 5. The molecule has 0 heterocycles. The standard InChI is InChI=1S/C5H12O2.C3H8O3.C3H6/c1-2-3-4-5(6)7;4-1-3(6)2-5;1-3-2/h5-7H,2-4H2,1H3;3-6H,1-2H2;3H,1H2,2H3. The normalized spacial score (nSPS) is 9.06. The Bertz CT molecular complexity index is 113. The number of unbranched alkanes of at least 4 members (excludes halogenated alkanes) is 1. The molecule has 0 aromatic carbocycles. The van der Waals surface area contributed by atoms with Gasteiger partial charge in [-0.1, -0.05) is 19.4 Å². The lowest BCUT2D eigenvalue weighted by Gasteiger charge is -1.97. The molecule has 0 saturated carbocycles. The number of hydrogen-bond donors (Lipinski definition) is 5. The SMILES string of the molecule is C=CC.CCCCC(O)O.OCC(O)CO. The van der Waals surface area contributed by atoms with Gasteiger partial charge in [-0.25, -0.2) is 0 Å². The fourth-order valence-corrected chi connectivity index (χ4v) is 0.444. The van der Waals surface area contributed by atoms with Gasteiger partial charge in [0.2, 0.25) is 0 Å². The van der Waals surface area contributed by atoms with Crippen molar-refractivity contribution < 1.29 is 25.5 Å². The molecule has 0 aromatic heterocycles. The summed E-state index contributed by atoms with van der Waals surface area (Å²) in [6.07, 6.45) is 2.14. The smallest absolute Gasteiger partial charge is 0.151 e. The van der Waals surface area contributed by atoms with Gasteiger partial charge in [-0.05, 0) is 19.8 Å². The summed E-state index contributed by atoms with van der Waals surface area (Å²) in [4.78, 5) is 0. The second-order valence-electron chi connectivity index (χ2n) is 3.05. The zero-order valence-electron chi connectivity index (χ0n) is 10.2. The van der Waals surface area contributed by atoms with Crippen LogP contribution in [0.4, 0.5) is 0 Å². The van der Waals surface area contributed by atoms with E-state index in [1.807, 2.05) is 13.8 Å². The Morgan fingerprint density at radius 2 is 1.50 bits per heavy atom. The van der Waals surface area contributed by atoms with Crippen molar-refractivity contribution in [3.05, 3.63) is 12.7 Å². The monoisotopic (exact) mass is 238 g/mol. The van der Waals surface area contributed by atoms with E-state index in [1.165, 1.54) is 0 Å². The highest BCUT2D eigenvalue weighted by molar-refractivity contribution is 4.51. The second kappa shape index (κ2) is 20.0. The van der Waals surface area contributed by atoms with Crippen molar-refractivity contribution in [3.8, 4) is 0 Å². The zero-order valence-corrected chi connectivity index (χ0v) is 10.2. The molecule has 0 fully saturated rings. The van der Waals surface area contributed by atoms with Crippen LogP contribution in [-0.2, 0) is 0 Å².